The number of methoxy groups -OCH3 is 1. The maximum Gasteiger partial charge on any atom is 0.195 e. The van der Waals surface area contributed by atoms with Crippen LogP contribution in [0.5, 0.6) is 0 Å². The van der Waals surface area contributed by atoms with Gasteiger partial charge in [0.15, 0.2) is 10.6 Å². The van der Waals surface area contributed by atoms with Gasteiger partial charge in [0.1, 0.15) is 5.60 Å². The molecule has 1 fully saturated rings. The van der Waals surface area contributed by atoms with Crippen LogP contribution in [0.3, 0.4) is 0 Å². The topological polar surface area (TPSA) is 42.8 Å². The van der Waals surface area contributed by atoms with Crippen LogP contribution in [-0.2, 0) is 10.3 Å². The van der Waals surface area contributed by atoms with E-state index in [1.54, 1.807) is 7.11 Å². The first-order chi connectivity index (χ1) is 7.12. The molecule has 15 heavy (non-hydrogen) atoms. The second-order valence-electron chi connectivity index (χ2n) is 4.24. The lowest BCUT2D eigenvalue weighted by molar-refractivity contribution is -0.0122. The predicted molar refractivity (Wildman–Crippen MR) is 60.3 cm³/mol. The van der Waals surface area contributed by atoms with Crippen molar-refractivity contribution in [2.24, 2.45) is 0 Å². The summed E-state index contributed by atoms with van der Waals surface area (Å²) < 4.78 is 8.38. The van der Waals surface area contributed by atoms with Crippen molar-refractivity contribution < 1.29 is 4.74 Å². The normalized spacial score (nSPS) is 20.2. The molecule has 0 spiro atoms. The largest absolute Gasteiger partial charge is 0.371 e. The Morgan fingerprint density at radius 3 is 2.80 bits per heavy atom. The van der Waals surface area contributed by atoms with Gasteiger partial charge in [-0.05, 0) is 38.4 Å². The van der Waals surface area contributed by atoms with E-state index in [9.17, 15) is 0 Å². The van der Waals surface area contributed by atoms with Gasteiger partial charge in [0.05, 0.1) is 0 Å². The minimum atomic E-state index is -0.337. The standard InChI is InChI=1S/C10H17N3OS/c1-4-10(2,14-3)8-11-12-9(15)13(8)7-5-6-7/h7H,4-6H2,1-3H3,(H,12,15). The Morgan fingerprint density at radius 2 is 2.33 bits per heavy atom. The highest BCUT2D eigenvalue weighted by Gasteiger charge is 2.35. The maximum absolute atomic E-state index is 5.56. The van der Waals surface area contributed by atoms with Gasteiger partial charge in [-0.2, -0.15) is 5.10 Å². The van der Waals surface area contributed by atoms with Crippen molar-refractivity contribution in [1.29, 1.82) is 0 Å². The molecule has 2 rings (SSSR count). The van der Waals surface area contributed by atoms with Gasteiger partial charge >= 0.3 is 0 Å². The molecule has 1 unspecified atom stereocenters. The summed E-state index contributed by atoms with van der Waals surface area (Å²) in [6, 6.07) is 0.535. The minimum Gasteiger partial charge on any atom is -0.371 e. The third kappa shape index (κ3) is 1.74. The Labute approximate surface area is 94.6 Å². The van der Waals surface area contributed by atoms with Crippen molar-refractivity contribution in [2.45, 2.75) is 44.8 Å². The van der Waals surface area contributed by atoms with Crippen LogP contribution < -0.4 is 0 Å². The van der Waals surface area contributed by atoms with E-state index in [0.29, 0.717) is 10.8 Å². The molecule has 0 aliphatic heterocycles. The molecule has 1 aliphatic carbocycles. The van der Waals surface area contributed by atoms with Gasteiger partial charge in [-0.15, -0.1) is 0 Å². The monoisotopic (exact) mass is 227 g/mol. The molecule has 1 aromatic rings. The number of rotatable bonds is 4. The summed E-state index contributed by atoms with van der Waals surface area (Å²) in [7, 11) is 1.72. The lowest BCUT2D eigenvalue weighted by Gasteiger charge is -2.26. The maximum atomic E-state index is 5.56. The zero-order valence-electron chi connectivity index (χ0n) is 9.41. The molecule has 1 saturated carbocycles. The van der Waals surface area contributed by atoms with E-state index >= 15 is 0 Å². The van der Waals surface area contributed by atoms with Crippen LogP contribution in [0.1, 0.15) is 45.0 Å². The summed E-state index contributed by atoms with van der Waals surface area (Å²) in [5.41, 5.74) is -0.337. The van der Waals surface area contributed by atoms with Gasteiger partial charge in [0, 0.05) is 13.2 Å². The van der Waals surface area contributed by atoms with Gasteiger partial charge in [-0.3, -0.25) is 9.67 Å². The summed E-state index contributed by atoms with van der Waals surface area (Å²) in [6.45, 7) is 4.15. The number of hydrogen-bond donors (Lipinski definition) is 1. The molecule has 0 radical (unpaired) electrons. The van der Waals surface area contributed by atoms with Crippen LogP contribution >= 0.6 is 12.2 Å². The van der Waals surface area contributed by atoms with Gasteiger partial charge in [-0.1, -0.05) is 6.92 Å². The summed E-state index contributed by atoms with van der Waals surface area (Å²) >= 11 is 5.24. The number of ether oxygens (including phenoxy) is 1. The molecule has 84 valence electrons. The number of H-pyrrole nitrogens is 1. The highest BCUT2D eigenvalue weighted by molar-refractivity contribution is 7.71. The smallest absolute Gasteiger partial charge is 0.195 e. The average Bonchev–Trinajstić information content (AvgIpc) is 3.01. The van der Waals surface area contributed by atoms with Crippen molar-refractivity contribution >= 4 is 12.2 Å². The van der Waals surface area contributed by atoms with Crippen molar-refractivity contribution in [3.05, 3.63) is 10.6 Å². The highest BCUT2D eigenvalue weighted by atomic mass is 32.1. The van der Waals surface area contributed by atoms with Gasteiger partial charge in [-0.25, -0.2) is 0 Å². The van der Waals surface area contributed by atoms with E-state index in [1.165, 1.54) is 12.8 Å². The lowest BCUT2D eigenvalue weighted by atomic mass is 10.0. The molecule has 1 aromatic heterocycles. The van der Waals surface area contributed by atoms with Crippen molar-refractivity contribution in [2.75, 3.05) is 7.11 Å². The van der Waals surface area contributed by atoms with E-state index in [-0.39, 0.29) is 5.60 Å². The lowest BCUT2D eigenvalue weighted by Crippen LogP contribution is -2.28. The number of hydrogen-bond acceptors (Lipinski definition) is 3. The Bertz CT molecular complexity index is 401. The van der Waals surface area contributed by atoms with E-state index in [0.717, 1.165) is 12.2 Å². The quantitative estimate of drug-likeness (QED) is 0.804. The molecule has 5 heteroatoms. The molecule has 4 nitrogen and oxygen atoms in total. The zero-order chi connectivity index (χ0) is 11.1. The molecule has 0 bridgehead atoms. The molecule has 0 aromatic carbocycles. The minimum absolute atomic E-state index is 0.337. The zero-order valence-corrected chi connectivity index (χ0v) is 10.2. The Morgan fingerprint density at radius 1 is 1.67 bits per heavy atom. The van der Waals surface area contributed by atoms with Crippen LogP contribution in [0.25, 0.3) is 0 Å². The summed E-state index contributed by atoms with van der Waals surface area (Å²) in [4.78, 5) is 0. The molecule has 0 saturated heterocycles. The van der Waals surface area contributed by atoms with Crippen molar-refractivity contribution in [3.63, 3.8) is 0 Å². The molecule has 1 aliphatic rings. The fourth-order valence-corrected chi connectivity index (χ4v) is 2.02. The summed E-state index contributed by atoms with van der Waals surface area (Å²) in [6.07, 6.45) is 3.28. The SMILES string of the molecule is CCC(C)(OC)c1n[nH]c(=S)n1C1CC1. The molecule has 1 atom stereocenters. The van der Waals surface area contributed by atoms with E-state index in [2.05, 4.69) is 28.6 Å². The third-order valence-corrected chi connectivity index (χ3v) is 3.50. The first kappa shape index (κ1) is 10.8. The Hall–Kier alpha value is -0.680. The van der Waals surface area contributed by atoms with Crippen LogP contribution in [-0.4, -0.2) is 21.9 Å². The van der Waals surface area contributed by atoms with Gasteiger partial charge < -0.3 is 4.74 Å². The van der Waals surface area contributed by atoms with Crippen molar-refractivity contribution in [3.8, 4) is 0 Å². The Kier molecular flexibility index (Phi) is 2.68. The first-order valence-corrected chi connectivity index (χ1v) is 5.75. The number of nitrogens with zero attached hydrogens (tertiary/aromatic N) is 2. The van der Waals surface area contributed by atoms with Gasteiger partial charge in [0.2, 0.25) is 0 Å². The van der Waals surface area contributed by atoms with Crippen LogP contribution in [0.4, 0.5) is 0 Å². The van der Waals surface area contributed by atoms with E-state index < -0.39 is 0 Å². The van der Waals surface area contributed by atoms with Gasteiger partial charge in [0.25, 0.3) is 0 Å². The molecular weight excluding hydrogens is 210 g/mol. The van der Waals surface area contributed by atoms with Crippen LogP contribution in [0.15, 0.2) is 0 Å². The molecule has 1 heterocycles. The van der Waals surface area contributed by atoms with E-state index in [1.807, 2.05) is 0 Å². The fraction of sp³-hybridized carbons (Fsp3) is 0.800. The summed E-state index contributed by atoms with van der Waals surface area (Å²) in [5, 5.41) is 7.18. The number of aromatic nitrogens is 3. The molecule has 0 amide bonds. The predicted octanol–water partition coefficient (Wildman–Crippen LogP) is 2.55. The average molecular weight is 227 g/mol. The van der Waals surface area contributed by atoms with Crippen LogP contribution in [0.2, 0.25) is 0 Å². The van der Waals surface area contributed by atoms with E-state index in [4.69, 9.17) is 17.0 Å². The number of nitrogens with one attached hydrogen (secondary N) is 1. The molecule has 1 N–H and O–H groups in total. The van der Waals surface area contributed by atoms with Crippen LogP contribution in [0, 0.1) is 4.77 Å². The third-order valence-electron chi connectivity index (χ3n) is 3.21. The second kappa shape index (κ2) is 3.72. The molecular formula is C10H17N3OS. The second-order valence-corrected chi connectivity index (χ2v) is 4.63. The number of aromatic amines is 1. The summed E-state index contributed by atoms with van der Waals surface area (Å²) in [5.74, 6) is 0.931. The Balaban J connectivity index is 2.47. The van der Waals surface area contributed by atoms with Crippen molar-refractivity contribution in [1.82, 2.24) is 14.8 Å². The highest BCUT2D eigenvalue weighted by Crippen LogP contribution is 2.39. The first-order valence-electron chi connectivity index (χ1n) is 5.35. The fourth-order valence-electron chi connectivity index (χ4n) is 1.74.